The summed E-state index contributed by atoms with van der Waals surface area (Å²) in [6, 6.07) is 6.51. The third-order valence-corrected chi connectivity index (χ3v) is 5.73. The monoisotopic (exact) mass is 423 g/mol. The van der Waals surface area contributed by atoms with Crippen LogP contribution in [-0.4, -0.2) is 30.3 Å². The zero-order valence-corrected chi connectivity index (χ0v) is 18.5. The third-order valence-electron chi connectivity index (χ3n) is 4.32. The number of ether oxygens (including phenoxy) is 1. The number of carbonyl (C=O) groups is 1. The lowest BCUT2D eigenvalue weighted by atomic mass is 9.99. The van der Waals surface area contributed by atoms with Crippen LogP contribution in [0.5, 0.6) is 0 Å². The van der Waals surface area contributed by atoms with Gasteiger partial charge in [0, 0.05) is 0 Å². The maximum atomic E-state index is 12.7. The van der Waals surface area contributed by atoms with Crippen molar-refractivity contribution in [3.8, 4) is 0 Å². The number of carbonyl (C=O) groups excluding carboxylic acids is 1. The minimum atomic E-state index is -3.81. The molecule has 1 N–H and O–H groups in total. The minimum Gasteiger partial charge on any atom is -0.444 e. The van der Waals surface area contributed by atoms with E-state index in [-0.39, 0.29) is 17.6 Å². The van der Waals surface area contributed by atoms with E-state index in [9.17, 15) is 13.2 Å². The van der Waals surface area contributed by atoms with E-state index in [0.717, 1.165) is 5.56 Å². The number of benzene rings is 1. The number of sulfone groups is 1. The van der Waals surface area contributed by atoms with Gasteiger partial charge in [0.2, 0.25) is 15.7 Å². The zero-order chi connectivity index (χ0) is 21.8. The summed E-state index contributed by atoms with van der Waals surface area (Å²) < 4.78 is 36.1. The summed E-state index contributed by atoms with van der Waals surface area (Å²) in [6.45, 7) is 11.0. The average molecular weight is 424 g/mol. The quantitative estimate of drug-likeness (QED) is 0.717. The van der Waals surface area contributed by atoms with E-state index in [4.69, 9.17) is 9.15 Å². The fourth-order valence-corrected chi connectivity index (χ4v) is 3.69. The molecule has 0 unspecified atom stereocenters. The molecule has 0 aliphatic heterocycles. The Bertz CT molecular complexity index is 930. The van der Waals surface area contributed by atoms with Gasteiger partial charge in [-0.05, 0) is 39.2 Å². The van der Waals surface area contributed by atoms with E-state index in [0.29, 0.717) is 12.0 Å². The van der Waals surface area contributed by atoms with E-state index in [1.165, 1.54) is 0 Å². The van der Waals surface area contributed by atoms with Crippen molar-refractivity contribution < 1.29 is 22.4 Å². The lowest BCUT2D eigenvalue weighted by Gasteiger charge is -2.24. The molecule has 29 heavy (non-hydrogen) atoms. The number of alkyl carbamates (subject to hydrolysis) is 1. The molecule has 1 amide bonds. The van der Waals surface area contributed by atoms with Crippen LogP contribution in [0.4, 0.5) is 4.79 Å². The highest BCUT2D eigenvalue weighted by molar-refractivity contribution is 7.90. The van der Waals surface area contributed by atoms with Crippen LogP contribution in [-0.2, 0) is 20.3 Å². The Morgan fingerprint density at radius 3 is 2.38 bits per heavy atom. The van der Waals surface area contributed by atoms with Gasteiger partial charge >= 0.3 is 11.3 Å². The molecule has 0 bridgehead atoms. The highest BCUT2D eigenvalue weighted by atomic mass is 32.2. The number of aromatic nitrogens is 2. The largest absolute Gasteiger partial charge is 0.444 e. The average Bonchev–Trinajstić information content (AvgIpc) is 3.10. The molecule has 0 aliphatic carbocycles. The minimum absolute atomic E-state index is 0.0349. The predicted octanol–water partition coefficient (Wildman–Crippen LogP) is 3.96. The molecule has 8 nitrogen and oxygen atoms in total. The van der Waals surface area contributed by atoms with E-state index in [2.05, 4.69) is 15.5 Å². The first-order valence-corrected chi connectivity index (χ1v) is 11.2. The molecule has 0 fully saturated rings. The molecule has 1 heterocycles. The Morgan fingerprint density at radius 2 is 1.83 bits per heavy atom. The first kappa shape index (κ1) is 22.9. The number of rotatable bonds is 7. The number of aryl methyl sites for hydroxylation is 1. The van der Waals surface area contributed by atoms with Crippen molar-refractivity contribution in [2.75, 3.05) is 0 Å². The standard InChI is InChI=1S/C20H29N3O5S/c1-7-14(3)16(21-18(24)28-20(4,5)6)17-22-23-19(27-17)29(25,26)12-15-10-8-13(2)9-11-15/h8-11,14,16H,7,12H2,1-6H3,(H,21,24)/t14-,16-/m1/s1. The number of nitrogens with one attached hydrogen (secondary N) is 1. The van der Waals surface area contributed by atoms with Crippen LogP contribution in [0.25, 0.3) is 0 Å². The molecule has 0 radical (unpaired) electrons. The summed E-state index contributed by atoms with van der Waals surface area (Å²) in [5.41, 5.74) is 0.998. The molecular formula is C20H29N3O5S. The second kappa shape index (κ2) is 8.94. The number of amides is 1. The van der Waals surface area contributed by atoms with E-state index >= 15 is 0 Å². The number of nitrogens with zero attached hydrogens (tertiary/aromatic N) is 2. The topological polar surface area (TPSA) is 111 Å². The Morgan fingerprint density at radius 1 is 1.21 bits per heavy atom. The third kappa shape index (κ3) is 6.56. The number of hydrogen-bond donors (Lipinski definition) is 1. The highest BCUT2D eigenvalue weighted by Crippen LogP contribution is 2.26. The van der Waals surface area contributed by atoms with Gasteiger partial charge in [0.1, 0.15) is 11.6 Å². The maximum Gasteiger partial charge on any atom is 0.408 e. The Labute approximate surface area is 172 Å². The first-order chi connectivity index (χ1) is 13.4. The van der Waals surface area contributed by atoms with Crippen molar-refractivity contribution in [1.82, 2.24) is 15.5 Å². The van der Waals surface area contributed by atoms with Crippen LogP contribution in [0, 0.1) is 12.8 Å². The van der Waals surface area contributed by atoms with Crippen molar-refractivity contribution >= 4 is 15.9 Å². The van der Waals surface area contributed by atoms with Crippen molar-refractivity contribution in [3.05, 3.63) is 41.3 Å². The summed E-state index contributed by atoms with van der Waals surface area (Å²) in [6.07, 6.45) is 0.0685. The predicted molar refractivity (Wildman–Crippen MR) is 108 cm³/mol. The molecule has 1 aromatic heterocycles. The van der Waals surface area contributed by atoms with Crippen LogP contribution in [0.2, 0.25) is 0 Å². The normalized spacial score (nSPS) is 14.3. The smallest absolute Gasteiger partial charge is 0.408 e. The maximum absolute atomic E-state index is 12.7. The fourth-order valence-electron chi connectivity index (χ4n) is 2.55. The van der Waals surface area contributed by atoms with Crippen LogP contribution in [0.15, 0.2) is 33.9 Å². The molecule has 2 atom stereocenters. The highest BCUT2D eigenvalue weighted by Gasteiger charge is 2.31. The van der Waals surface area contributed by atoms with Crippen molar-refractivity contribution in [3.63, 3.8) is 0 Å². The molecular weight excluding hydrogens is 394 g/mol. The molecule has 0 aliphatic rings. The SMILES string of the molecule is CC[C@@H](C)[C@@H](NC(=O)OC(C)(C)C)c1nnc(S(=O)(=O)Cc2ccc(C)cc2)o1. The zero-order valence-electron chi connectivity index (χ0n) is 17.7. The van der Waals surface area contributed by atoms with Crippen LogP contribution >= 0.6 is 0 Å². The van der Waals surface area contributed by atoms with Crippen molar-refractivity contribution in [2.24, 2.45) is 5.92 Å². The molecule has 2 rings (SSSR count). The van der Waals surface area contributed by atoms with Gasteiger partial charge in [-0.15, -0.1) is 5.10 Å². The van der Waals surface area contributed by atoms with Crippen molar-refractivity contribution in [2.45, 2.75) is 70.6 Å². The van der Waals surface area contributed by atoms with Gasteiger partial charge in [0.15, 0.2) is 0 Å². The molecule has 0 saturated heterocycles. The van der Waals surface area contributed by atoms with Gasteiger partial charge in [0.05, 0.1) is 5.75 Å². The summed E-state index contributed by atoms with van der Waals surface area (Å²) in [5.74, 6) is -0.286. The van der Waals surface area contributed by atoms with Crippen LogP contribution < -0.4 is 5.32 Å². The summed E-state index contributed by atoms with van der Waals surface area (Å²) in [5, 5.41) is 9.86. The van der Waals surface area contributed by atoms with Gasteiger partial charge in [-0.1, -0.05) is 55.2 Å². The second-order valence-electron chi connectivity index (χ2n) is 8.16. The summed E-state index contributed by atoms with van der Waals surface area (Å²) in [7, 11) is -3.81. The molecule has 1 aromatic carbocycles. The van der Waals surface area contributed by atoms with Gasteiger partial charge in [-0.25, -0.2) is 13.2 Å². The van der Waals surface area contributed by atoms with Gasteiger partial charge in [-0.2, -0.15) is 0 Å². The number of hydrogen-bond acceptors (Lipinski definition) is 7. The fraction of sp³-hybridized carbons (Fsp3) is 0.550. The molecule has 2 aromatic rings. The second-order valence-corrected chi connectivity index (χ2v) is 10.0. The van der Waals surface area contributed by atoms with Crippen LogP contribution in [0.3, 0.4) is 0 Å². The lowest BCUT2D eigenvalue weighted by molar-refractivity contribution is 0.0473. The van der Waals surface area contributed by atoms with E-state index in [1.54, 1.807) is 32.9 Å². The van der Waals surface area contributed by atoms with E-state index < -0.39 is 32.8 Å². The summed E-state index contributed by atoms with van der Waals surface area (Å²) in [4.78, 5) is 12.2. The Kier molecular flexibility index (Phi) is 7.05. The first-order valence-electron chi connectivity index (χ1n) is 9.52. The van der Waals surface area contributed by atoms with Gasteiger partial charge in [-0.3, -0.25) is 0 Å². The van der Waals surface area contributed by atoms with Crippen LogP contribution in [0.1, 0.15) is 64.1 Å². The molecule has 0 saturated carbocycles. The van der Waals surface area contributed by atoms with E-state index in [1.807, 2.05) is 32.9 Å². The van der Waals surface area contributed by atoms with Gasteiger partial charge in [0.25, 0.3) is 0 Å². The Hall–Kier alpha value is -2.42. The molecule has 160 valence electrons. The Balaban J connectivity index is 2.22. The van der Waals surface area contributed by atoms with Crippen molar-refractivity contribution in [1.29, 1.82) is 0 Å². The molecule has 9 heteroatoms. The van der Waals surface area contributed by atoms with Gasteiger partial charge < -0.3 is 14.5 Å². The lowest BCUT2D eigenvalue weighted by Crippen LogP contribution is -2.37. The molecule has 0 spiro atoms. The summed E-state index contributed by atoms with van der Waals surface area (Å²) >= 11 is 0.